The van der Waals surface area contributed by atoms with Gasteiger partial charge in [-0.15, -0.1) is 0 Å². The summed E-state index contributed by atoms with van der Waals surface area (Å²) < 4.78 is 0. The van der Waals surface area contributed by atoms with E-state index in [1.807, 2.05) is 6.92 Å². The fourth-order valence-electron chi connectivity index (χ4n) is 0.645. The Morgan fingerprint density at radius 1 is 1.30 bits per heavy atom. The van der Waals surface area contributed by atoms with Crippen molar-refractivity contribution in [3.63, 3.8) is 0 Å². The number of rotatable bonds is 4. The van der Waals surface area contributed by atoms with Gasteiger partial charge in [0.05, 0.1) is 6.42 Å². The average molecular weight is 192 g/mol. The van der Waals surface area contributed by atoms with E-state index in [-0.39, 0.29) is 35.1 Å². The van der Waals surface area contributed by atoms with Crippen molar-refractivity contribution in [2.45, 2.75) is 33.1 Å². The minimum Gasteiger partial charge on any atom is -0.300 e. The van der Waals surface area contributed by atoms with Crippen LogP contribution in [0.1, 0.15) is 33.1 Å². The van der Waals surface area contributed by atoms with Crippen LogP contribution in [0.4, 0.5) is 0 Å². The van der Waals surface area contributed by atoms with E-state index in [1.54, 1.807) is 0 Å². The van der Waals surface area contributed by atoms with Gasteiger partial charge < -0.3 is 0 Å². The maximum Gasteiger partial charge on any atom is 2.00 e. The zero-order chi connectivity index (χ0) is 7.28. The summed E-state index contributed by atoms with van der Waals surface area (Å²) in [6.45, 7) is 3.37. The summed E-state index contributed by atoms with van der Waals surface area (Å²) in [7, 11) is 0. The average Bonchev–Trinajstić information content (AvgIpc) is 1.63. The second-order valence-corrected chi connectivity index (χ2v) is 2.17. The zero-order valence-corrected chi connectivity index (χ0v) is 7.18. The largest absolute Gasteiger partial charge is 2.00 e. The van der Waals surface area contributed by atoms with E-state index < -0.39 is 0 Å². The molecule has 0 aromatic rings. The molecule has 0 aromatic heterocycles. The van der Waals surface area contributed by atoms with Crippen LogP contribution in [-0.4, -0.2) is 11.6 Å². The van der Waals surface area contributed by atoms with E-state index in [4.69, 9.17) is 0 Å². The van der Waals surface area contributed by atoms with Gasteiger partial charge in [-0.25, -0.2) is 0 Å². The molecule has 0 aliphatic heterocycles. The minimum atomic E-state index is -0.0338. The molecule has 0 bridgehead atoms. The number of ketones is 2. The Morgan fingerprint density at radius 3 is 2.10 bits per heavy atom. The van der Waals surface area contributed by atoms with Crippen molar-refractivity contribution in [3.05, 3.63) is 0 Å². The molecule has 0 amide bonds. The maximum absolute atomic E-state index is 10.6. The summed E-state index contributed by atoms with van der Waals surface area (Å²) in [4.78, 5) is 20.9. The number of Topliss-reactive ketones (excluding diaryl/α,β-unsaturated/α-hetero) is 2. The molecular formula is C7H12CuO2+2. The molecule has 0 saturated carbocycles. The Balaban J connectivity index is 0. The van der Waals surface area contributed by atoms with Crippen LogP contribution in [-0.2, 0) is 26.7 Å². The van der Waals surface area contributed by atoms with Crippen molar-refractivity contribution in [2.24, 2.45) is 0 Å². The molecule has 0 heterocycles. The quantitative estimate of drug-likeness (QED) is 0.497. The van der Waals surface area contributed by atoms with Crippen LogP contribution in [0.25, 0.3) is 0 Å². The van der Waals surface area contributed by atoms with Gasteiger partial charge in [0.1, 0.15) is 11.6 Å². The molecular weight excluding hydrogens is 180 g/mol. The molecule has 0 aliphatic rings. The fraction of sp³-hybridized carbons (Fsp3) is 0.714. The van der Waals surface area contributed by atoms with Crippen molar-refractivity contribution < 1.29 is 26.7 Å². The summed E-state index contributed by atoms with van der Waals surface area (Å²) in [5.41, 5.74) is 0. The van der Waals surface area contributed by atoms with Crippen molar-refractivity contribution in [2.75, 3.05) is 0 Å². The van der Waals surface area contributed by atoms with Gasteiger partial charge in [0.15, 0.2) is 0 Å². The molecule has 3 heteroatoms. The molecule has 10 heavy (non-hydrogen) atoms. The third kappa shape index (κ3) is 7.86. The monoisotopic (exact) mass is 191 g/mol. The van der Waals surface area contributed by atoms with Crippen molar-refractivity contribution in [1.29, 1.82) is 0 Å². The van der Waals surface area contributed by atoms with Crippen molar-refractivity contribution >= 4 is 11.6 Å². The summed E-state index contributed by atoms with van der Waals surface area (Å²) in [6, 6.07) is 0. The third-order valence-electron chi connectivity index (χ3n) is 0.975. The first-order valence-corrected chi connectivity index (χ1v) is 3.18. The third-order valence-corrected chi connectivity index (χ3v) is 0.975. The van der Waals surface area contributed by atoms with Crippen molar-refractivity contribution in [3.8, 4) is 0 Å². The standard InChI is InChI=1S/C7H12O2.Cu/c1-3-4-7(9)5-6(2)8;/h3-5H2,1-2H3;/q;+2. The van der Waals surface area contributed by atoms with Crippen LogP contribution in [0.15, 0.2) is 0 Å². The van der Waals surface area contributed by atoms with E-state index in [9.17, 15) is 9.59 Å². The van der Waals surface area contributed by atoms with Gasteiger partial charge in [-0.3, -0.25) is 9.59 Å². The normalized spacial score (nSPS) is 8.20. The molecule has 0 unspecified atom stereocenters. The van der Waals surface area contributed by atoms with E-state index >= 15 is 0 Å². The van der Waals surface area contributed by atoms with Crippen LogP contribution in [0.3, 0.4) is 0 Å². The smallest absolute Gasteiger partial charge is 0.300 e. The number of hydrogen-bond donors (Lipinski definition) is 0. The molecule has 0 rings (SSSR count). The van der Waals surface area contributed by atoms with Crippen LogP contribution in [0.2, 0.25) is 0 Å². The van der Waals surface area contributed by atoms with Crippen molar-refractivity contribution in [1.82, 2.24) is 0 Å². The van der Waals surface area contributed by atoms with Gasteiger partial charge >= 0.3 is 17.1 Å². The van der Waals surface area contributed by atoms with E-state index in [1.165, 1.54) is 6.92 Å². The molecule has 61 valence electrons. The van der Waals surface area contributed by atoms with Gasteiger partial charge in [0.2, 0.25) is 0 Å². The van der Waals surface area contributed by atoms with E-state index in [0.717, 1.165) is 6.42 Å². The molecule has 0 spiro atoms. The molecule has 2 nitrogen and oxygen atoms in total. The molecule has 1 radical (unpaired) electrons. The summed E-state index contributed by atoms with van der Waals surface area (Å²) >= 11 is 0. The molecule has 0 N–H and O–H groups in total. The molecule has 0 saturated heterocycles. The molecule has 0 fully saturated rings. The Bertz CT molecular complexity index is 121. The van der Waals surface area contributed by atoms with Gasteiger partial charge in [0.25, 0.3) is 0 Å². The fourth-order valence-corrected chi connectivity index (χ4v) is 0.645. The number of carbonyl (C=O) groups is 2. The zero-order valence-electron chi connectivity index (χ0n) is 6.24. The summed E-state index contributed by atoms with van der Waals surface area (Å²) in [5.74, 6) is 0.0263. The van der Waals surface area contributed by atoms with Gasteiger partial charge in [-0.05, 0) is 13.3 Å². The van der Waals surface area contributed by atoms with Crippen LogP contribution >= 0.6 is 0 Å². The van der Waals surface area contributed by atoms with Crippen LogP contribution in [0.5, 0.6) is 0 Å². The predicted molar refractivity (Wildman–Crippen MR) is 35.2 cm³/mol. The number of carbonyl (C=O) groups excluding carboxylic acids is 2. The first-order valence-electron chi connectivity index (χ1n) is 3.18. The summed E-state index contributed by atoms with van der Waals surface area (Å²) in [6.07, 6.45) is 1.50. The number of hydrogen-bond acceptors (Lipinski definition) is 2. The molecule has 0 aliphatic carbocycles. The second-order valence-electron chi connectivity index (χ2n) is 2.17. The Morgan fingerprint density at radius 2 is 1.80 bits per heavy atom. The SMILES string of the molecule is CCCC(=O)CC(C)=O.[Cu+2]. The van der Waals surface area contributed by atoms with E-state index in [2.05, 4.69) is 0 Å². The second kappa shape index (κ2) is 6.97. The van der Waals surface area contributed by atoms with Gasteiger partial charge in [-0.1, -0.05) is 6.92 Å². The maximum atomic E-state index is 10.6. The van der Waals surface area contributed by atoms with Crippen LogP contribution in [0, 0.1) is 0 Å². The first kappa shape index (κ1) is 12.5. The minimum absolute atomic E-state index is 0. The first-order chi connectivity index (χ1) is 4.16. The molecule has 0 atom stereocenters. The van der Waals surface area contributed by atoms with Crippen LogP contribution < -0.4 is 0 Å². The van der Waals surface area contributed by atoms with Gasteiger partial charge in [-0.2, -0.15) is 0 Å². The topological polar surface area (TPSA) is 34.1 Å². The van der Waals surface area contributed by atoms with E-state index in [0.29, 0.717) is 6.42 Å². The Kier molecular flexibility index (Phi) is 8.73. The summed E-state index contributed by atoms with van der Waals surface area (Å²) in [5, 5.41) is 0. The van der Waals surface area contributed by atoms with Gasteiger partial charge in [0, 0.05) is 6.42 Å². The Labute approximate surface area is 71.8 Å². The predicted octanol–water partition coefficient (Wildman–Crippen LogP) is 1.33. The molecule has 0 aromatic carbocycles. The Hall–Kier alpha value is -0.141.